The monoisotopic (exact) mass is 362 g/mol. The Kier molecular flexibility index (Phi) is 4.88. The van der Waals surface area contributed by atoms with E-state index in [1.165, 1.54) is 36.4 Å². The number of hydrogen-bond donors (Lipinski definition) is 1. The maximum atomic E-state index is 12.2. The van der Waals surface area contributed by atoms with Crippen LogP contribution in [-0.4, -0.2) is 11.5 Å². The summed E-state index contributed by atoms with van der Waals surface area (Å²) in [6, 6.07) is 18.1. The van der Waals surface area contributed by atoms with E-state index in [2.05, 4.69) is 4.74 Å². The lowest BCUT2D eigenvalue weighted by Gasteiger charge is -2.11. The Balaban J connectivity index is 1.67. The van der Waals surface area contributed by atoms with E-state index in [4.69, 9.17) is 9.47 Å². The molecule has 0 radical (unpaired) electrons. The highest BCUT2D eigenvalue weighted by molar-refractivity contribution is 5.41. The topological polar surface area (TPSA) is 47.9 Å². The van der Waals surface area contributed by atoms with Gasteiger partial charge >= 0.3 is 6.36 Å². The number of alkyl halides is 3. The summed E-state index contributed by atoms with van der Waals surface area (Å²) in [4.78, 5) is 0. The van der Waals surface area contributed by atoms with Crippen molar-refractivity contribution in [3.63, 3.8) is 0 Å². The van der Waals surface area contributed by atoms with Crippen LogP contribution in [0.4, 0.5) is 13.2 Å². The van der Waals surface area contributed by atoms with Gasteiger partial charge in [-0.2, -0.15) is 0 Å². The molecule has 0 aliphatic carbocycles. The zero-order valence-corrected chi connectivity index (χ0v) is 13.2. The zero-order valence-electron chi connectivity index (χ0n) is 13.2. The molecule has 3 aromatic carbocycles. The molecule has 0 saturated carbocycles. The van der Waals surface area contributed by atoms with Crippen molar-refractivity contribution in [3.05, 3.63) is 72.8 Å². The first-order valence-electron chi connectivity index (χ1n) is 7.48. The van der Waals surface area contributed by atoms with Crippen molar-refractivity contribution >= 4 is 0 Å². The number of ether oxygens (including phenoxy) is 3. The molecule has 0 saturated heterocycles. The van der Waals surface area contributed by atoms with Crippen molar-refractivity contribution in [2.75, 3.05) is 0 Å². The van der Waals surface area contributed by atoms with Gasteiger partial charge in [0, 0.05) is 6.07 Å². The van der Waals surface area contributed by atoms with Gasteiger partial charge in [0.2, 0.25) is 0 Å². The molecule has 26 heavy (non-hydrogen) atoms. The van der Waals surface area contributed by atoms with E-state index >= 15 is 0 Å². The Bertz CT molecular complexity index is 859. The molecule has 0 aromatic heterocycles. The van der Waals surface area contributed by atoms with Crippen molar-refractivity contribution in [3.8, 4) is 34.5 Å². The van der Waals surface area contributed by atoms with Crippen LogP contribution in [0.25, 0.3) is 0 Å². The van der Waals surface area contributed by atoms with Gasteiger partial charge in [0.1, 0.15) is 34.5 Å². The largest absolute Gasteiger partial charge is 0.573 e. The van der Waals surface area contributed by atoms with Crippen LogP contribution < -0.4 is 14.2 Å². The fourth-order valence-electron chi connectivity index (χ4n) is 2.10. The minimum absolute atomic E-state index is 0.132. The van der Waals surface area contributed by atoms with Gasteiger partial charge in [-0.25, -0.2) is 0 Å². The molecule has 134 valence electrons. The summed E-state index contributed by atoms with van der Waals surface area (Å²) in [5.41, 5.74) is 0. The molecule has 0 aliphatic rings. The zero-order chi connectivity index (χ0) is 18.6. The molecule has 4 nitrogen and oxygen atoms in total. The van der Waals surface area contributed by atoms with E-state index < -0.39 is 6.36 Å². The van der Waals surface area contributed by atoms with Crippen molar-refractivity contribution in [1.29, 1.82) is 0 Å². The summed E-state index contributed by atoms with van der Waals surface area (Å²) in [5, 5.41) is 9.27. The fourth-order valence-corrected chi connectivity index (χ4v) is 2.10. The number of phenols is 1. The van der Waals surface area contributed by atoms with E-state index in [0.717, 1.165) is 0 Å². The average Bonchev–Trinajstić information content (AvgIpc) is 2.58. The highest BCUT2D eigenvalue weighted by atomic mass is 19.4. The normalized spacial score (nSPS) is 11.0. The minimum Gasteiger partial charge on any atom is -0.508 e. The molecule has 3 aromatic rings. The fraction of sp³-hybridized carbons (Fsp3) is 0.0526. The number of phenolic OH excluding ortho intramolecular Hbond substituents is 1. The first kappa shape index (κ1) is 17.5. The first-order chi connectivity index (χ1) is 12.4. The number of hydrogen-bond acceptors (Lipinski definition) is 4. The van der Waals surface area contributed by atoms with Gasteiger partial charge in [0.05, 0.1) is 0 Å². The third-order valence-electron chi connectivity index (χ3n) is 3.17. The lowest BCUT2D eigenvalue weighted by Crippen LogP contribution is -2.16. The third kappa shape index (κ3) is 5.07. The van der Waals surface area contributed by atoms with E-state index in [0.29, 0.717) is 23.0 Å². The molecule has 0 unspecified atom stereocenters. The Hall–Kier alpha value is -3.35. The predicted molar refractivity (Wildman–Crippen MR) is 87.8 cm³/mol. The van der Waals surface area contributed by atoms with E-state index in [-0.39, 0.29) is 11.5 Å². The van der Waals surface area contributed by atoms with Gasteiger partial charge < -0.3 is 19.3 Å². The second-order valence-corrected chi connectivity index (χ2v) is 5.19. The lowest BCUT2D eigenvalue weighted by atomic mass is 10.3. The summed E-state index contributed by atoms with van der Waals surface area (Å²) < 4.78 is 51.5. The molecule has 0 atom stereocenters. The Labute approximate surface area is 147 Å². The molecule has 0 spiro atoms. The second kappa shape index (κ2) is 7.26. The number of rotatable bonds is 5. The van der Waals surface area contributed by atoms with E-state index in [9.17, 15) is 18.3 Å². The quantitative estimate of drug-likeness (QED) is 0.616. The molecular weight excluding hydrogens is 349 g/mol. The minimum atomic E-state index is -4.73. The molecule has 0 amide bonds. The lowest BCUT2D eigenvalue weighted by molar-refractivity contribution is -0.274. The molecule has 0 aliphatic heterocycles. The van der Waals surface area contributed by atoms with Crippen LogP contribution in [-0.2, 0) is 0 Å². The third-order valence-corrected chi connectivity index (χ3v) is 3.17. The maximum absolute atomic E-state index is 12.2. The van der Waals surface area contributed by atoms with Gasteiger partial charge in [-0.05, 0) is 60.7 Å². The first-order valence-corrected chi connectivity index (χ1v) is 7.48. The van der Waals surface area contributed by atoms with Gasteiger partial charge in [0.25, 0.3) is 0 Å². The molecule has 0 heterocycles. The van der Waals surface area contributed by atoms with Crippen LogP contribution in [0.3, 0.4) is 0 Å². The average molecular weight is 362 g/mol. The highest BCUT2D eigenvalue weighted by Crippen LogP contribution is 2.30. The van der Waals surface area contributed by atoms with Crippen molar-refractivity contribution < 1.29 is 32.5 Å². The molecule has 0 fully saturated rings. The molecule has 0 bridgehead atoms. The molecular formula is C19H13F3O4. The SMILES string of the molecule is Oc1ccc(Oc2cccc(Oc3ccc(OC(F)(F)F)cc3)c2)cc1. The van der Waals surface area contributed by atoms with Crippen molar-refractivity contribution in [1.82, 2.24) is 0 Å². The number of benzene rings is 3. The second-order valence-electron chi connectivity index (χ2n) is 5.19. The van der Waals surface area contributed by atoms with Crippen molar-refractivity contribution in [2.45, 2.75) is 6.36 Å². The number of aromatic hydroxyl groups is 1. The molecule has 1 N–H and O–H groups in total. The summed E-state index contributed by atoms with van der Waals surface area (Å²) in [6.45, 7) is 0. The maximum Gasteiger partial charge on any atom is 0.573 e. The van der Waals surface area contributed by atoms with Gasteiger partial charge in [-0.1, -0.05) is 6.07 Å². The Morgan fingerprint density at radius 1 is 0.615 bits per heavy atom. The van der Waals surface area contributed by atoms with Crippen LogP contribution in [0.1, 0.15) is 0 Å². The van der Waals surface area contributed by atoms with Crippen LogP contribution in [0.5, 0.6) is 34.5 Å². The van der Waals surface area contributed by atoms with Crippen LogP contribution in [0, 0.1) is 0 Å². The standard InChI is InChI=1S/C19H13F3O4/c20-19(21,22)26-16-10-8-15(9-11-16)25-18-3-1-2-17(12-18)24-14-6-4-13(23)5-7-14/h1-12,23H. The van der Waals surface area contributed by atoms with Crippen LogP contribution in [0.2, 0.25) is 0 Å². The summed E-state index contributed by atoms with van der Waals surface area (Å²) >= 11 is 0. The predicted octanol–water partition coefficient (Wildman–Crippen LogP) is 5.88. The summed E-state index contributed by atoms with van der Waals surface area (Å²) in [6.07, 6.45) is -4.73. The summed E-state index contributed by atoms with van der Waals surface area (Å²) in [7, 11) is 0. The smallest absolute Gasteiger partial charge is 0.508 e. The van der Waals surface area contributed by atoms with Crippen LogP contribution in [0.15, 0.2) is 72.8 Å². The Morgan fingerprint density at radius 3 is 1.58 bits per heavy atom. The van der Waals surface area contributed by atoms with Gasteiger partial charge in [-0.3, -0.25) is 0 Å². The van der Waals surface area contributed by atoms with Crippen molar-refractivity contribution in [2.24, 2.45) is 0 Å². The number of halogens is 3. The molecule has 7 heteroatoms. The highest BCUT2D eigenvalue weighted by Gasteiger charge is 2.30. The van der Waals surface area contributed by atoms with Gasteiger partial charge in [-0.15, -0.1) is 13.2 Å². The summed E-state index contributed by atoms with van der Waals surface area (Å²) in [5.74, 6) is 1.65. The molecule has 3 rings (SSSR count). The van der Waals surface area contributed by atoms with E-state index in [1.807, 2.05) is 0 Å². The van der Waals surface area contributed by atoms with Crippen LogP contribution >= 0.6 is 0 Å². The Morgan fingerprint density at radius 2 is 1.08 bits per heavy atom. The van der Waals surface area contributed by atoms with E-state index in [1.54, 1.807) is 36.4 Å². The van der Waals surface area contributed by atoms with Gasteiger partial charge in [0.15, 0.2) is 0 Å².